The maximum atomic E-state index is 11.7. The minimum absolute atomic E-state index is 0.176. The van der Waals surface area contributed by atoms with Gasteiger partial charge in [-0.2, -0.15) is 0 Å². The molecule has 1 fully saturated rings. The van der Waals surface area contributed by atoms with Crippen LogP contribution in [-0.4, -0.2) is 41.4 Å². The smallest absolute Gasteiger partial charge is 0.223 e. The van der Waals surface area contributed by atoms with Crippen molar-refractivity contribution in [3.63, 3.8) is 0 Å². The van der Waals surface area contributed by atoms with Crippen molar-refractivity contribution in [3.8, 4) is 5.75 Å². The number of pyridine rings is 1. The second kappa shape index (κ2) is 7.45. The van der Waals surface area contributed by atoms with Crippen molar-refractivity contribution in [3.05, 3.63) is 28.2 Å². The minimum Gasteiger partial charge on any atom is -0.503 e. The molecule has 20 heavy (non-hydrogen) atoms. The van der Waals surface area contributed by atoms with Crippen LogP contribution in [0.25, 0.3) is 0 Å². The highest BCUT2D eigenvalue weighted by Crippen LogP contribution is 2.14. The number of likely N-dealkylation sites (tertiary alicyclic amines) is 1. The Morgan fingerprint density at radius 2 is 2.05 bits per heavy atom. The fraction of sp³-hybridized carbons (Fsp3) is 0.667. The van der Waals surface area contributed by atoms with Gasteiger partial charge in [0, 0.05) is 38.6 Å². The zero-order valence-corrected chi connectivity index (χ0v) is 12.2. The summed E-state index contributed by atoms with van der Waals surface area (Å²) in [5, 5.41) is 9.61. The molecular weight excluding hydrogens is 256 g/mol. The Morgan fingerprint density at radius 1 is 1.30 bits per heavy atom. The molecule has 1 aliphatic heterocycles. The van der Waals surface area contributed by atoms with Crippen LogP contribution < -0.4 is 5.43 Å². The van der Waals surface area contributed by atoms with Gasteiger partial charge in [0.15, 0.2) is 5.75 Å². The summed E-state index contributed by atoms with van der Waals surface area (Å²) < 4.78 is 7.04. The first kappa shape index (κ1) is 15.1. The fourth-order valence-corrected chi connectivity index (χ4v) is 2.67. The van der Waals surface area contributed by atoms with Crippen LogP contribution >= 0.6 is 0 Å². The van der Waals surface area contributed by atoms with E-state index in [1.807, 2.05) is 4.57 Å². The Morgan fingerprint density at radius 3 is 2.75 bits per heavy atom. The van der Waals surface area contributed by atoms with E-state index in [4.69, 9.17) is 4.74 Å². The molecule has 1 aliphatic rings. The Kier molecular flexibility index (Phi) is 5.61. The van der Waals surface area contributed by atoms with Gasteiger partial charge in [-0.25, -0.2) is 0 Å². The largest absolute Gasteiger partial charge is 0.503 e. The monoisotopic (exact) mass is 280 g/mol. The molecule has 0 bridgehead atoms. The lowest BCUT2D eigenvalue weighted by Crippen LogP contribution is -2.31. The van der Waals surface area contributed by atoms with Gasteiger partial charge in [-0.3, -0.25) is 9.69 Å². The number of hydrogen-bond acceptors (Lipinski definition) is 4. The summed E-state index contributed by atoms with van der Waals surface area (Å²) in [6.07, 6.45) is 6.17. The van der Waals surface area contributed by atoms with E-state index in [2.05, 4.69) is 4.90 Å². The SMILES string of the molecule is COCCCn1cc(O)c(=O)cc1CN1CCCCC1. The highest BCUT2D eigenvalue weighted by molar-refractivity contribution is 5.20. The molecule has 2 rings (SSSR count). The van der Waals surface area contributed by atoms with Crippen LogP contribution in [0, 0.1) is 0 Å². The van der Waals surface area contributed by atoms with Crippen LogP contribution in [0.4, 0.5) is 0 Å². The maximum Gasteiger partial charge on any atom is 0.223 e. The van der Waals surface area contributed by atoms with Crippen molar-refractivity contribution in [2.45, 2.75) is 38.8 Å². The van der Waals surface area contributed by atoms with Crippen LogP contribution in [0.1, 0.15) is 31.4 Å². The highest BCUT2D eigenvalue weighted by Gasteiger charge is 2.13. The van der Waals surface area contributed by atoms with Gasteiger partial charge in [0.1, 0.15) is 0 Å². The molecule has 0 atom stereocenters. The quantitative estimate of drug-likeness (QED) is 0.804. The molecule has 0 spiro atoms. The van der Waals surface area contributed by atoms with Crippen LogP contribution in [0.15, 0.2) is 17.1 Å². The summed E-state index contributed by atoms with van der Waals surface area (Å²) in [6.45, 7) is 4.39. The van der Waals surface area contributed by atoms with E-state index < -0.39 is 0 Å². The molecular formula is C15H24N2O3. The van der Waals surface area contributed by atoms with Gasteiger partial charge >= 0.3 is 0 Å². The Balaban J connectivity index is 2.11. The molecule has 0 aromatic carbocycles. The van der Waals surface area contributed by atoms with E-state index in [-0.39, 0.29) is 11.2 Å². The molecule has 5 nitrogen and oxygen atoms in total. The number of methoxy groups -OCH3 is 1. The standard InChI is InChI=1S/C15H24N2O3/c1-20-9-5-8-17-12-15(19)14(18)10-13(17)11-16-6-3-2-4-7-16/h10,12,19H,2-9,11H2,1H3. The number of rotatable bonds is 6. The third kappa shape index (κ3) is 4.08. The maximum absolute atomic E-state index is 11.7. The molecule has 0 saturated carbocycles. The predicted molar refractivity (Wildman–Crippen MR) is 78.0 cm³/mol. The van der Waals surface area contributed by atoms with Gasteiger partial charge in [-0.1, -0.05) is 6.42 Å². The van der Waals surface area contributed by atoms with Crippen molar-refractivity contribution in [2.24, 2.45) is 0 Å². The topological polar surface area (TPSA) is 54.7 Å². The zero-order valence-electron chi connectivity index (χ0n) is 12.2. The van der Waals surface area contributed by atoms with Crippen molar-refractivity contribution < 1.29 is 9.84 Å². The molecule has 2 heterocycles. The van der Waals surface area contributed by atoms with Gasteiger partial charge in [0.25, 0.3) is 0 Å². The Hall–Kier alpha value is -1.33. The first-order valence-corrected chi connectivity index (χ1v) is 7.34. The van der Waals surface area contributed by atoms with Crippen LogP contribution in [0.2, 0.25) is 0 Å². The van der Waals surface area contributed by atoms with E-state index in [0.29, 0.717) is 6.61 Å². The molecule has 112 valence electrons. The van der Waals surface area contributed by atoms with Crippen molar-refractivity contribution in [2.75, 3.05) is 26.8 Å². The van der Waals surface area contributed by atoms with Gasteiger partial charge < -0.3 is 14.4 Å². The second-order valence-electron chi connectivity index (χ2n) is 5.39. The number of nitrogens with zero attached hydrogens (tertiary/aromatic N) is 2. The minimum atomic E-state index is -0.292. The highest BCUT2D eigenvalue weighted by atomic mass is 16.5. The average Bonchev–Trinajstić information content (AvgIpc) is 2.45. The second-order valence-corrected chi connectivity index (χ2v) is 5.39. The number of aromatic hydroxyl groups is 1. The van der Waals surface area contributed by atoms with Gasteiger partial charge in [-0.05, 0) is 32.4 Å². The first-order valence-electron chi connectivity index (χ1n) is 7.34. The summed E-state index contributed by atoms with van der Waals surface area (Å²) in [4.78, 5) is 14.0. The first-order chi connectivity index (χ1) is 9.70. The molecule has 0 unspecified atom stereocenters. The summed E-state index contributed by atoms with van der Waals surface area (Å²) >= 11 is 0. The van der Waals surface area contributed by atoms with Crippen molar-refractivity contribution in [1.82, 2.24) is 9.47 Å². The van der Waals surface area contributed by atoms with Gasteiger partial charge in [-0.15, -0.1) is 0 Å². The van der Waals surface area contributed by atoms with Crippen molar-refractivity contribution in [1.29, 1.82) is 0 Å². The summed E-state index contributed by atoms with van der Waals surface area (Å²) in [5.41, 5.74) is 0.686. The summed E-state index contributed by atoms with van der Waals surface area (Å²) in [6, 6.07) is 1.57. The third-order valence-corrected chi connectivity index (χ3v) is 3.78. The average molecular weight is 280 g/mol. The molecule has 5 heteroatoms. The normalized spacial score (nSPS) is 16.4. The summed E-state index contributed by atoms with van der Waals surface area (Å²) in [5.74, 6) is -0.176. The van der Waals surface area contributed by atoms with Crippen LogP contribution in [-0.2, 0) is 17.8 Å². The number of aryl methyl sites for hydroxylation is 1. The molecule has 1 aromatic rings. The molecule has 0 aliphatic carbocycles. The van der Waals surface area contributed by atoms with Crippen LogP contribution in [0.5, 0.6) is 5.75 Å². The van der Waals surface area contributed by atoms with E-state index in [1.54, 1.807) is 19.4 Å². The Bertz CT molecular complexity index is 478. The summed E-state index contributed by atoms with van der Waals surface area (Å²) in [7, 11) is 1.68. The molecule has 1 saturated heterocycles. The lowest BCUT2D eigenvalue weighted by molar-refractivity contribution is 0.187. The van der Waals surface area contributed by atoms with E-state index >= 15 is 0 Å². The lowest BCUT2D eigenvalue weighted by Gasteiger charge is -2.27. The van der Waals surface area contributed by atoms with Gasteiger partial charge in [0.2, 0.25) is 5.43 Å². The van der Waals surface area contributed by atoms with Crippen LogP contribution in [0.3, 0.4) is 0 Å². The number of hydrogen-bond donors (Lipinski definition) is 1. The van der Waals surface area contributed by atoms with E-state index in [0.717, 1.165) is 38.3 Å². The number of aromatic nitrogens is 1. The Labute approximate surface area is 119 Å². The van der Waals surface area contributed by atoms with E-state index in [9.17, 15) is 9.90 Å². The van der Waals surface area contributed by atoms with Gasteiger partial charge in [0.05, 0.1) is 6.20 Å². The predicted octanol–water partition coefficient (Wildman–Crippen LogP) is 1.58. The lowest BCUT2D eigenvalue weighted by atomic mass is 10.1. The molecule has 0 amide bonds. The molecule has 0 radical (unpaired) electrons. The zero-order chi connectivity index (χ0) is 14.4. The molecule has 1 N–H and O–H groups in total. The number of ether oxygens (including phenoxy) is 1. The van der Waals surface area contributed by atoms with Crippen molar-refractivity contribution >= 4 is 0 Å². The molecule has 1 aromatic heterocycles. The fourth-order valence-electron chi connectivity index (χ4n) is 2.67. The van der Waals surface area contributed by atoms with E-state index in [1.165, 1.54) is 19.3 Å². The number of piperidine rings is 1. The third-order valence-electron chi connectivity index (χ3n) is 3.78.